The third-order valence-corrected chi connectivity index (χ3v) is 4.35. The molecule has 1 N–H and O–H groups in total. The molecule has 19 heavy (non-hydrogen) atoms. The SMILES string of the molecule is CSCC(C)CN1C(=O)C(C)NC1c1ccccc1. The molecule has 1 aromatic rings. The number of carbonyl (C=O) groups is 1. The molecule has 3 unspecified atom stereocenters. The van der Waals surface area contributed by atoms with E-state index in [-0.39, 0.29) is 18.1 Å². The summed E-state index contributed by atoms with van der Waals surface area (Å²) in [6.07, 6.45) is 2.13. The van der Waals surface area contributed by atoms with Crippen LogP contribution in [0, 0.1) is 5.92 Å². The molecule has 3 nitrogen and oxygen atoms in total. The Morgan fingerprint density at radius 2 is 2.05 bits per heavy atom. The van der Waals surface area contributed by atoms with Gasteiger partial charge in [-0.25, -0.2) is 0 Å². The van der Waals surface area contributed by atoms with Crippen molar-refractivity contribution in [1.82, 2.24) is 10.2 Å². The molecule has 1 amide bonds. The van der Waals surface area contributed by atoms with E-state index in [1.54, 1.807) is 0 Å². The van der Waals surface area contributed by atoms with Gasteiger partial charge in [-0.05, 0) is 30.4 Å². The molecule has 0 aliphatic carbocycles. The zero-order valence-corrected chi connectivity index (χ0v) is 12.6. The number of benzene rings is 1. The van der Waals surface area contributed by atoms with E-state index in [2.05, 4.69) is 30.6 Å². The van der Waals surface area contributed by atoms with Crippen LogP contribution in [0.3, 0.4) is 0 Å². The highest BCUT2D eigenvalue weighted by Crippen LogP contribution is 2.26. The first-order valence-corrected chi connectivity index (χ1v) is 8.13. The summed E-state index contributed by atoms with van der Waals surface area (Å²) in [5, 5.41) is 3.39. The Hall–Kier alpha value is -1.00. The monoisotopic (exact) mass is 278 g/mol. The van der Waals surface area contributed by atoms with Crippen molar-refractivity contribution >= 4 is 17.7 Å². The lowest BCUT2D eigenvalue weighted by molar-refractivity contribution is -0.130. The summed E-state index contributed by atoms with van der Waals surface area (Å²) in [6, 6.07) is 10.1. The van der Waals surface area contributed by atoms with Crippen LogP contribution in [0.15, 0.2) is 30.3 Å². The van der Waals surface area contributed by atoms with Crippen molar-refractivity contribution in [2.24, 2.45) is 5.92 Å². The summed E-state index contributed by atoms with van der Waals surface area (Å²) in [4.78, 5) is 14.3. The molecule has 4 heteroatoms. The lowest BCUT2D eigenvalue weighted by Crippen LogP contribution is -2.35. The van der Waals surface area contributed by atoms with Gasteiger partial charge in [0.05, 0.1) is 6.04 Å². The molecule has 2 rings (SSSR count). The van der Waals surface area contributed by atoms with E-state index in [9.17, 15) is 4.79 Å². The third kappa shape index (κ3) is 3.31. The molecule has 0 radical (unpaired) electrons. The van der Waals surface area contributed by atoms with Gasteiger partial charge in [0.2, 0.25) is 5.91 Å². The number of carbonyl (C=O) groups excluding carboxylic acids is 1. The molecule has 1 aliphatic rings. The van der Waals surface area contributed by atoms with Crippen molar-refractivity contribution in [3.05, 3.63) is 35.9 Å². The predicted octanol–water partition coefficient (Wildman–Crippen LogP) is 2.50. The molecule has 1 aliphatic heterocycles. The summed E-state index contributed by atoms with van der Waals surface area (Å²) >= 11 is 1.83. The topological polar surface area (TPSA) is 32.3 Å². The molecule has 1 heterocycles. The number of hydrogen-bond donors (Lipinski definition) is 1. The van der Waals surface area contributed by atoms with Gasteiger partial charge in [0.15, 0.2) is 0 Å². The molecular weight excluding hydrogens is 256 g/mol. The van der Waals surface area contributed by atoms with Crippen molar-refractivity contribution in [3.63, 3.8) is 0 Å². The molecule has 0 bridgehead atoms. The Morgan fingerprint density at radius 1 is 1.37 bits per heavy atom. The Labute approximate surface area is 119 Å². The quantitative estimate of drug-likeness (QED) is 0.898. The van der Waals surface area contributed by atoms with E-state index in [0.29, 0.717) is 5.92 Å². The maximum atomic E-state index is 12.3. The molecule has 104 valence electrons. The number of rotatable bonds is 5. The maximum absolute atomic E-state index is 12.3. The highest BCUT2D eigenvalue weighted by Gasteiger charge is 2.37. The fraction of sp³-hybridized carbons (Fsp3) is 0.533. The zero-order valence-electron chi connectivity index (χ0n) is 11.8. The smallest absolute Gasteiger partial charge is 0.241 e. The van der Waals surface area contributed by atoms with Crippen molar-refractivity contribution in [2.45, 2.75) is 26.1 Å². The van der Waals surface area contributed by atoms with Crippen LogP contribution in [0.5, 0.6) is 0 Å². The lowest BCUT2D eigenvalue weighted by atomic mass is 10.1. The minimum absolute atomic E-state index is 0.0213. The Balaban J connectivity index is 2.15. The molecule has 0 aromatic heterocycles. The highest BCUT2D eigenvalue weighted by atomic mass is 32.2. The van der Waals surface area contributed by atoms with Gasteiger partial charge < -0.3 is 4.90 Å². The van der Waals surface area contributed by atoms with Crippen LogP contribution in [0.25, 0.3) is 0 Å². The van der Waals surface area contributed by atoms with E-state index in [4.69, 9.17) is 0 Å². The standard InChI is InChI=1S/C15H22N2OS/c1-11(10-19-3)9-17-14(16-12(2)15(17)18)13-7-5-4-6-8-13/h4-8,11-12,14,16H,9-10H2,1-3H3. The first-order chi connectivity index (χ1) is 9.13. The number of hydrogen-bond acceptors (Lipinski definition) is 3. The van der Waals surface area contributed by atoms with Crippen molar-refractivity contribution in [1.29, 1.82) is 0 Å². The fourth-order valence-corrected chi connectivity index (χ4v) is 3.23. The Morgan fingerprint density at radius 3 is 2.68 bits per heavy atom. The minimum atomic E-state index is -0.0910. The molecular formula is C15H22N2OS. The maximum Gasteiger partial charge on any atom is 0.241 e. The van der Waals surface area contributed by atoms with Crippen LogP contribution in [-0.4, -0.2) is 35.4 Å². The summed E-state index contributed by atoms with van der Waals surface area (Å²) in [7, 11) is 0. The van der Waals surface area contributed by atoms with E-state index in [1.165, 1.54) is 0 Å². The lowest BCUT2D eigenvalue weighted by Gasteiger charge is -2.27. The van der Waals surface area contributed by atoms with E-state index < -0.39 is 0 Å². The van der Waals surface area contributed by atoms with Gasteiger partial charge in [0.1, 0.15) is 6.17 Å². The van der Waals surface area contributed by atoms with Gasteiger partial charge in [-0.1, -0.05) is 37.3 Å². The molecule has 3 atom stereocenters. The van der Waals surface area contributed by atoms with Gasteiger partial charge in [0, 0.05) is 6.54 Å². The van der Waals surface area contributed by atoms with Crippen molar-refractivity contribution < 1.29 is 4.79 Å². The number of nitrogens with one attached hydrogen (secondary N) is 1. The summed E-state index contributed by atoms with van der Waals surface area (Å²) in [5.74, 6) is 1.80. The van der Waals surface area contributed by atoms with Crippen LogP contribution in [0.2, 0.25) is 0 Å². The van der Waals surface area contributed by atoms with Gasteiger partial charge in [-0.3, -0.25) is 10.1 Å². The fourth-order valence-electron chi connectivity index (χ4n) is 2.55. The normalized spacial score (nSPS) is 24.8. The summed E-state index contributed by atoms with van der Waals surface area (Å²) in [5.41, 5.74) is 1.16. The van der Waals surface area contributed by atoms with Gasteiger partial charge in [0.25, 0.3) is 0 Å². The number of thioether (sulfide) groups is 1. The first-order valence-electron chi connectivity index (χ1n) is 6.74. The van der Waals surface area contributed by atoms with Crippen LogP contribution in [0.1, 0.15) is 25.6 Å². The van der Waals surface area contributed by atoms with E-state index in [1.807, 2.05) is 41.8 Å². The van der Waals surface area contributed by atoms with Crippen LogP contribution >= 0.6 is 11.8 Å². The van der Waals surface area contributed by atoms with Crippen LogP contribution in [-0.2, 0) is 4.79 Å². The number of amides is 1. The summed E-state index contributed by atoms with van der Waals surface area (Å²) < 4.78 is 0. The van der Waals surface area contributed by atoms with Crippen LogP contribution < -0.4 is 5.32 Å². The van der Waals surface area contributed by atoms with E-state index >= 15 is 0 Å². The second-order valence-electron chi connectivity index (χ2n) is 5.25. The average Bonchev–Trinajstić information content (AvgIpc) is 2.68. The van der Waals surface area contributed by atoms with Crippen molar-refractivity contribution in [2.75, 3.05) is 18.6 Å². The Kier molecular flexibility index (Phi) is 4.88. The van der Waals surface area contributed by atoms with Gasteiger partial charge >= 0.3 is 0 Å². The molecule has 1 fully saturated rings. The molecule has 0 spiro atoms. The first kappa shape index (κ1) is 14.4. The minimum Gasteiger partial charge on any atom is -0.321 e. The van der Waals surface area contributed by atoms with Gasteiger partial charge in [-0.15, -0.1) is 0 Å². The largest absolute Gasteiger partial charge is 0.321 e. The van der Waals surface area contributed by atoms with E-state index in [0.717, 1.165) is 17.9 Å². The van der Waals surface area contributed by atoms with Crippen LogP contribution in [0.4, 0.5) is 0 Å². The molecule has 1 saturated heterocycles. The van der Waals surface area contributed by atoms with Gasteiger partial charge in [-0.2, -0.15) is 11.8 Å². The molecule has 1 aromatic carbocycles. The second kappa shape index (κ2) is 6.44. The summed E-state index contributed by atoms with van der Waals surface area (Å²) in [6.45, 7) is 4.96. The predicted molar refractivity (Wildman–Crippen MR) is 81.0 cm³/mol. The second-order valence-corrected chi connectivity index (χ2v) is 6.16. The zero-order chi connectivity index (χ0) is 13.8. The molecule has 0 saturated carbocycles. The third-order valence-electron chi connectivity index (χ3n) is 3.45. The number of nitrogens with zero attached hydrogens (tertiary/aromatic N) is 1. The van der Waals surface area contributed by atoms with Crippen molar-refractivity contribution in [3.8, 4) is 0 Å². The Bertz CT molecular complexity index is 423. The highest BCUT2D eigenvalue weighted by molar-refractivity contribution is 7.98. The average molecular weight is 278 g/mol.